The van der Waals surface area contributed by atoms with Crippen molar-refractivity contribution in [1.29, 1.82) is 0 Å². The quantitative estimate of drug-likeness (QED) is 0.174. The van der Waals surface area contributed by atoms with Crippen LogP contribution < -0.4 is 0 Å². The maximum atomic E-state index is 5.29. The van der Waals surface area contributed by atoms with Crippen LogP contribution in [0.4, 0.5) is 0 Å². The van der Waals surface area contributed by atoms with Crippen LogP contribution >= 0.6 is 22.7 Å². The predicted molar refractivity (Wildman–Crippen MR) is 259 cm³/mol. The standard InChI is InChI=1S/C55H32N4S2/c1-3-14-33(15-4-1)36-28-31-46-43(32-36)48-42(22-13-25-47(48)60-46)55-57-53(34-16-5-2-6-17-34)56-54(58-55)35-26-29-37(30-27-35)59-44-23-11-9-20-40(44)49-38-18-7-8-19-39(38)50-41-21-10-12-24-45(41)61-52(50)51(49)59/h1-32H. The van der Waals surface area contributed by atoms with E-state index in [4.69, 9.17) is 15.0 Å². The Kier molecular flexibility index (Phi) is 7.61. The number of hydrogen-bond acceptors (Lipinski definition) is 5. The summed E-state index contributed by atoms with van der Waals surface area (Å²) in [5.41, 5.74) is 8.76. The molecule has 0 atom stereocenters. The molecule has 4 aromatic heterocycles. The van der Waals surface area contributed by atoms with Crippen LogP contribution in [0.1, 0.15) is 0 Å². The lowest BCUT2D eigenvalue weighted by Gasteiger charge is -2.12. The summed E-state index contributed by atoms with van der Waals surface area (Å²) in [6.45, 7) is 0. The molecule has 13 aromatic rings. The molecule has 0 aliphatic heterocycles. The van der Waals surface area contributed by atoms with Crippen molar-refractivity contribution < 1.29 is 0 Å². The van der Waals surface area contributed by atoms with Crippen LogP contribution in [0.3, 0.4) is 0 Å². The highest BCUT2D eigenvalue weighted by molar-refractivity contribution is 7.27. The molecule has 0 bridgehead atoms. The molecule has 0 amide bonds. The summed E-state index contributed by atoms with van der Waals surface area (Å²) in [6.07, 6.45) is 0. The predicted octanol–water partition coefficient (Wildman–Crippen LogP) is 15.5. The number of thiophene rings is 2. The highest BCUT2D eigenvalue weighted by atomic mass is 32.1. The molecular weight excluding hydrogens is 781 g/mol. The lowest BCUT2D eigenvalue weighted by Crippen LogP contribution is -2.01. The first kappa shape index (κ1) is 34.4. The van der Waals surface area contributed by atoms with E-state index in [-0.39, 0.29) is 0 Å². The SMILES string of the molecule is c1ccc(-c2ccc3sc4cccc(-c5nc(-c6ccccc6)nc(-c6ccc(-n7c8ccccc8c8c9ccccc9c9c%10ccccc%10sc9c87)cc6)n5)c4c3c2)cc1. The molecule has 0 unspecified atom stereocenters. The van der Waals surface area contributed by atoms with Gasteiger partial charge in [-0.25, -0.2) is 15.0 Å². The van der Waals surface area contributed by atoms with Gasteiger partial charge >= 0.3 is 0 Å². The number of hydrogen-bond donors (Lipinski definition) is 0. The van der Waals surface area contributed by atoms with E-state index in [1.54, 1.807) is 11.3 Å². The molecule has 0 N–H and O–H groups in total. The van der Waals surface area contributed by atoms with Crippen LogP contribution in [0.25, 0.3) is 124 Å². The molecule has 0 saturated carbocycles. The lowest BCUT2D eigenvalue weighted by molar-refractivity contribution is 1.08. The Morgan fingerprint density at radius 1 is 0.344 bits per heavy atom. The van der Waals surface area contributed by atoms with Gasteiger partial charge in [0.05, 0.1) is 15.7 Å². The second-order valence-electron chi connectivity index (χ2n) is 15.5. The van der Waals surface area contributed by atoms with E-state index < -0.39 is 0 Å². The summed E-state index contributed by atoms with van der Waals surface area (Å²) in [4.78, 5) is 15.6. The second kappa shape index (κ2) is 13.5. The minimum Gasteiger partial charge on any atom is -0.308 e. The van der Waals surface area contributed by atoms with Crippen LogP contribution in [0.15, 0.2) is 194 Å². The number of fused-ring (bicyclic) bond motifs is 13. The molecule has 0 aliphatic rings. The second-order valence-corrected chi connectivity index (χ2v) is 17.6. The fourth-order valence-electron chi connectivity index (χ4n) is 9.32. The monoisotopic (exact) mass is 812 g/mol. The molecule has 0 saturated heterocycles. The van der Waals surface area contributed by atoms with Crippen LogP contribution in [0.5, 0.6) is 0 Å². The Labute approximate surface area is 358 Å². The topological polar surface area (TPSA) is 43.6 Å². The van der Waals surface area contributed by atoms with Crippen molar-refractivity contribution in [3.8, 4) is 51.0 Å². The lowest BCUT2D eigenvalue weighted by atomic mass is 9.99. The third-order valence-corrected chi connectivity index (χ3v) is 14.4. The molecule has 0 radical (unpaired) electrons. The maximum Gasteiger partial charge on any atom is 0.164 e. The van der Waals surface area contributed by atoms with Crippen molar-refractivity contribution in [3.05, 3.63) is 194 Å². The minimum absolute atomic E-state index is 0.636. The van der Waals surface area contributed by atoms with Gasteiger partial charge in [0.2, 0.25) is 0 Å². The van der Waals surface area contributed by atoms with Gasteiger partial charge in [-0.2, -0.15) is 0 Å². The van der Waals surface area contributed by atoms with E-state index >= 15 is 0 Å². The highest BCUT2D eigenvalue weighted by Gasteiger charge is 2.22. The van der Waals surface area contributed by atoms with E-state index in [0.717, 1.165) is 22.4 Å². The number of nitrogens with zero attached hydrogens (tertiary/aromatic N) is 4. The molecule has 6 heteroatoms. The van der Waals surface area contributed by atoms with Crippen molar-refractivity contribution in [1.82, 2.24) is 19.5 Å². The van der Waals surface area contributed by atoms with E-state index in [0.29, 0.717) is 17.5 Å². The summed E-state index contributed by atoms with van der Waals surface area (Å²) < 4.78 is 7.50. The van der Waals surface area contributed by atoms with Crippen LogP contribution in [0.2, 0.25) is 0 Å². The fraction of sp³-hybridized carbons (Fsp3) is 0. The Hall–Kier alpha value is -7.51. The largest absolute Gasteiger partial charge is 0.308 e. The van der Waals surface area contributed by atoms with Crippen molar-refractivity contribution in [2.45, 2.75) is 0 Å². The Morgan fingerprint density at radius 3 is 1.69 bits per heavy atom. The van der Waals surface area contributed by atoms with Crippen molar-refractivity contribution in [3.63, 3.8) is 0 Å². The van der Waals surface area contributed by atoms with E-state index in [2.05, 4.69) is 180 Å². The zero-order chi connectivity index (χ0) is 40.0. The molecule has 9 aromatic carbocycles. The Morgan fingerprint density at radius 2 is 0.918 bits per heavy atom. The first-order chi connectivity index (χ1) is 30.2. The average molecular weight is 813 g/mol. The summed E-state index contributed by atoms with van der Waals surface area (Å²) in [5, 5.41) is 10.1. The van der Waals surface area contributed by atoms with Gasteiger partial charge in [-0.1, -0.05) is 140 Å². The zero-order valence-corrected chi connectivity index (χ0v) is 34.2. The molecule has 4 heterocycles. The van der Waals surface area contributed by atoms with Gasteiger partial charge < -0.3 is 4.57 Å². The van der Waals surface area contributed by atoms with Crippen LogP contribution in [-0.2, 0) is 0 Å². The summed E-state index contributed by atoms with van der Waals surface area (Å²) in [5.74, 6) is 1.94. The molecule has 0 fully saturated rings. The molecule has 0 aliphatic carbocycles. The van der Waals surface area contributed by atoms with Gasteiger partial charge in [0.25, 0.3) is 0 Å². The Bertz CT molecular complexity index is 3860. The van der Waals surface area contributed by atoms with E-state index in [1.807, 2.05) is 29.5 Å². The molecule has 61 heavy (non-hydrogen) atoms. The third kappa shape index (κ3) is 5.33. The summed E-state index contributed by atoms with van der Waals surface area (Å²) >= 11 is 3.69. The number of aromatic nitrogens is 4. The summed E-state index contributed by atoms with van der Waals surface area (Å²) in [6, 6.07) is 69.4. The first-order valence-corrected chi connectivity index (χ1v) is 22.1. The van der Waals surface area contributed by atoms with Crippen LogP contribution in [0, 0.1) is 0 Å². The smallest absolute Gasteiger partial charge is 0.164 e. The normalized spacial score (nSPS) is 11.9. The van der Waals surface area contributed by atoms with Gasteiger partial charge in [-0.05, 0) is 76.5 Å². The van der Waals surface area contributed by atoms with Crippen molar-refractivity contribution in [2.75, 3.05) is 0 Å². The van der Waals surface area contributed by atoms with E-state index in [1.165, 1.54) is 84.0 Å². The minimum atomic E-state index is 0.636. The van der Waals surface area contributed by atoms with Crippen molar-refractivity contribution >= 4 is 95.6 Å². The maximum absolute atomic E-state index is 5.29. The highest BCUT2D eigenvalue weighted by Crippen LogP contribution is 2.48. The van der Waals surface area contributed by atoms with Gasteiger partial charge in [0.15, 0.2) is 17.5 Å². The van der Waals surface area contributed by atoms with Crippen molar-refractivity contribution in [2.24, 2.45) is 0 Å². The van der Waals surface area contributed by atoms with Gasteiger partial charge in [-0.15, -0.1) is 22.7 Å². The number of benzene rings is 9. The third-order valence-electron chi connectivity index (χ3n) is 12.0. The average Bonchev–Trinajstić information content (AvgIpc) is 4.02. The zero-order valence-electron chi connectivity index (χ0n) is 32.6. The molecular formula is C55H32N4S2. The fourth-order valence-corrected chi connectivity index (χ4v) is 11.7. The Balaban J connectivity index is 1.01. The molecule has 4 nitrogen and oxygen atoms in total. The van der Waals surface area contributed by atoms with Gasteiger partial charge in [-0.3, -0.25) is 0 Å². The molecule has 13 rings (SSSR count). The molecule has 0 spiro atoms. The number of para-hydroxylation sites is 1. The van der Waals surface area contributed by atoms with Crippen LogP contribution in [-0.4, -0.2) is 19.5 Å². The first-order valence-electron chi connectivity index (χ1n) is 20.4. The van der Waals surface area contributed by atoms with Gasteiger partial charge in [0, 0.05) is 68.8 Å². The number of rotatable bonds is 5. The van der Waals surface area contributed by atoms with Gasteiger partial charge in [0.1, 0.15) is 0 Å². The van der Waals surface area contributed by atoms with E-state index in [9.17, 15) is 0 Å². The molecule has 284 valence electrons. The summed E-state index contributed by atoms with van der Waals surface area (Å²) in [7, 11) is 0.